The lowest BCUT2D eigenvalue weighted by Crippen LogP contribution is -2.45. The summed E-state index contributed by atoms with van der Waals surface area (Å²) in [4.78, 5) is 41.4. The van der Waals surface area contributed by atoms with Gasteiger partial charge < -0.3 is 15.1 Å². The largest absolute Gasteiger partial charge is 0.339 e. The van der Waals surface area contributed by atoms with E-state index in [-0.39, 0.29) is 30.2 Å². The molecule has 0 bridgehead atoms. The molecular formula is C25H31N3O3. The highest BCUT2D eigenvalue weighted by Crippen LogP contribution is 2.22. The molecule has 0 unspecified atom stereocenters. The molecule has 1 N–H and O–H groups in total. The number of carbonyl (C=O) groups is 3. The lowest BCUT2D eigenvalue weighted by molar-refractivity contribution is -0.138. The molecule has 164 valence electrons. The van der Waals surface area contributed by atoms with Gasteiger partial charge in [0.2, 0.25) is 11.8 Å². The van der Waals surface area contributed by atoms with Gasteiger partial charge in [0.15, 0.2) is 0 Å². The lowest BCUT2D eigenvalue weighted by Gasteiger charge is -2.33. The van der Waals surface area contributed by atoms with E-state index in [0.717, 1.165) is 22.4 Å². The smallest absolute Gasteiger partial charge is 0.254 e. The normalized spacial score (nSPS) is 14.3. The van der Waals surface area contributed by atoms with E-state index in [1.165, 1.54) is 4.90 Å². The van der Waals surface area contributed by atoms with E-state index in [2.05, 4.69) is 5.32 Å². The Balaban J connectivity index is 1.52. The van der Waals surface area contributed by atoms with Crippen LogP contribution in [0.4, 0.5) is 5.69 Å². The Bertz CT molecular complexity index is 978. The van der Waals surface area contributed by atoms with Crippen molar-refractivity contribution in [2.75, 3.05) is 32.0 Å². The van der Waals surface area contributed by atoms with Gasteiger partial charge in [-0.1, -0.05) is 30.3 Å². The van der Waals surface area contributed by atoms with Crippen LogP contribution in [0, 0.1) is 26.7 Å². The summed E-state index contributed by atoms with van der Waals surface area (Å²) < 4.78 is 0. The lowest BCUT2D eigenvalue weighted by atomic mass is 9.94. The first-order chi connectivity index (χ1) is 14.8. The molecule has 6 nitrogen and oxygen atoms in total. The Morgan fingerprint density at radius 1 is 0.968 bits per heavy atom. The Kier molecular flexibility index (Phi) is 7.10. The topological polar surface area (TPSA) is 69.7 Å². The van der Waals surface area contributed by atoms with Crippen molar-refractivity contribution in [3.63, 3.8) is 0 Å². The highest BCUT2D eigenvalue weighted by molar-refractivity contribution is 5.96. The SMILES string of the molecule is Cc1ccccc1C(=O)N1CCC(C(=O)N(C)CC(=O)Nc2cccc(C)c2C)CC1. The van der Waals surface area contributed by atoms with Gasteiger partial charge in [0.1, 0.15) is 0 Å². The molecule has 1 heterocycles. The zero-order valence-electron chi connectivity index (χ0n) is 18.8. The number of hydrogen-bond donors (Lipinski definition) is 1. The van der Waals surface area contributed by atoms with Gasteiger partial charge in [-0.15, -0.1) is 0 Å². The fourth-order valence-electron chi connectivity index (χ4n) is 3.99. The molecule has 0 aromatic heterocycles. The van der Waals surface area contributed by atoms with Gasteiger partial charge in [-0.3, -0.25) is 14.4 Å². The number of piperidine rings is 1. The molecule has 1 fully saturated rings. The number of amides is 3. The predicted octanol–water partition coefficient (Wildman–Crippen LogP) is 3.56. The Labute approximate surface area is 184 Å². The molecule has 1 aliphatic rings. The van der Waals surface area contributed by atoms with E-state index < -0.39 is 0 Å². The van der Waals surface area contributed by atoms with E-state index in [9.17, 15) is 14.4 Å². The minimum Gasteiger partial charge on any atom is -0.339 e. The molecule has 6 heteroatoms. The zero-order valence-corrected chi connectivity index (χ0v) is 18.8. The Morgan fingerprint density at radius 2 is 1.61 bits per heavy atom. The number of rotatable bonds is 5. The van der Waals surface area contributed by atoms with E-state index in [1.807, 2.05) is 68.1 Å². The van der Waals surface area contributed by atoms with Crippen LogP contribution in [0.1, 0.15) is 39.9 Å². The molecule has 2 aromatic rings. The minimum atomic E-state index is -0.211. The Morgan fingerprint density at radius 3 is 2.29 bits per heavy atom. The molecule has 31 heavy (non-hydrogen) atoms. The van der Waals surface area contributed by atoms with E-state index in [0.29, 0.717) is 31.5 Å². The summed E-state index contributed by atoms with van der Waals surface area (Å²) in [7, 11) is 1.66. The average molecular weight is 422 g/mol. The molecule has 1 aliphatic heterocycles. The van der Waals surface area contributed by atoms with Crippen molar-refractivity contribution in [2.24, 2.45) is 5.92 Å². The average Bonchev–Trinajstić information content (AvgIpc) is 2.76. The van der Waals surface area contributed by atoms with Crippen molar-refractivity contribution in [3.05, 3.63) is 64.7 Å². The fraction of sp³-hybridized carbons (Fsp3) is 0.400. The van der Waals surface area contributed by atoms with Crippen molar-refractivity contribution in [2.45, 2.75) is 33.6 Å². The van der Waals surface area contributed by atoms with Gasteiger partial charge in [0, 0.05) is 37.3 Å². The molecule has 0 spiro atoms. The van der Waals surface area contributed by atoms with Crippen LogP contribution in [0.15, 0.2) is 42.5 Å². The number of aryl methyl sites for hydroxylation is 2. The van der Waals surface area contributed by atoms with E-state index in [4.69, 9.17) is 0 Å². The van der Waals surface area contributed by atoms with Crippen LogP contribution in [0.25, 0.3) is 0 Å². The minimum absolute atomic E-state index is 0.00850. The zero-order chi connectivity index (χ0) is 22.5. The van der Waals surface area contributed by atoms with Crippen molar-refractivity contribution in [1.82, 2.24) is 9.80 Å². The summed E-state index contributed by atoms with van der Waals surface area (Å²) >= 11 is 0. The maximum Gasteiger partial charge on any atom is 0.254 e. The number of anilines is 1. The molecule has 2 aromatic carbocycles. The number of benzene rings is 2. The van der Waals surface area contributed by atoms with Crippen LogP contribution >= 0.6 is 0 Å². The number of likely N-dealkylation sites (N-methyl/N-ethyl adjacent to an activating group) is 1. The summed E-state index contributed by atoms with van der Waals surface area (Å²) in [5.41, 5.74) is 4.58. The van der Waals surface area contributed by atoms with Crippen LogP contribution in [-0.4, -0.2) is 54.2 Å². The van der Waals surface area contributed by atoms with Gasteiger partial charge in [-0.2, -0.15) is 0 Å². The van der Waals surface area contributed by atoms with Crippen LogP contribution in [0.3, 0.4) is 0 Å². The number of likely N-dealkylation sites (tertiary alicyclic amines) is 1. The molecule has 0 radical (unpaired) electrons. The van der Waals surface area contributed by atoms with Crippen LogP contribution < -0.4 is 5.32 Å². The van der Waals surface area contributed by atoms with Gasteiger partial charge >= 0.3 is 0 Å². The second-order valence-electron chi connectivity index (χ2n) is 8.37. The number of nitrogens with zero attached hydrogens (tertiary/aromatic N) is 2. The van der Waals surface area contributed by atoms with Crippen LogP contribution in [0.2, 0.25) is 0 Å². The fourth-order valence-corrected chi connectivity index (χ4v) is 3.99. The molecule has 3 rings (SSSR count). The number of hydrogen-bond acceptors (Lipinski definition) is 3. The third kappa shape index (κ3) is 5.32. The Hall–Kier alpha value is -3.15. The van der Waals surface area contributed by atoms with Crippen molar-refractivity contribution in [3.8, 4) is 0 Å². The third-order valence-electron chi connectivity index (χ3n) is 6.14. The molecule has 0 saturated carbocycles. The first-order valence-electron chi connectivity index (χ1n) is 10.7. The first-order valence-corrected chi connectivity index (χ1v) is 10.7. The van der Waals surface area contributed by atoms with Gasteiger partial charge in [0.25, 0.3) is 5.91 Å². The van der Waals surface area contributed by atoms with Crippen LogP contribution in [-0.2, 0) is 9.59 Å². The summed E-state index contributed by atoms with van der Waals surface area (Å²) in [6.07, 6.45) is 1.22. The van der Waals surface area contributed by atoms with Crippen molar-refractivity contribution >= 4 is 23.4 Å². The summed E-state index contributed by atoms with van der Waals surface area (Å²) in [5, 5.41) is 2.90. The monoisotopic (exact) mass is 421 g/mol. The van der Waals surface area contributed by atoms with Gasteiger partial charge in [-0.25, -0.2) is 0 Å². The van der Waals surface area contributed by atoms with Crippen LogP contribution in [0.5, 0.6) is 0 Å². The standard InChI is InChI=1S/C25H31N3O3/c1-17-9-7-11-22(19(17)3)26-23(29)16-27(4)24(30)20-12-14-28(15-13-20)25(31)21-10-6-5-8-18(21)2/h5-11,20H,12-16H2,1-4H3,(H,26,29). The quantitative estimate of drug-likeness (QED) is 0.803. The second-order valence-corrected chi connectivity index (χ2v) is 8.37. The van der Waals surface area contributed by atoms with Gasteiger partial charge in [-0.05, 0) is 62.4 Å². The van der Waals surface area contributed by atoms with E-state index >= 15 is 0 Å². The number of carbonyl (C=O) groups excluding carboxylic acids is 3. The second kappa shape index (κ2) is 9.77. The maximum absolute atomic E-state index is 12.9. The summed E-state index contributed by atoms with van der Waals surface area (Å²) in [6, 6.07) is 13.3. The predicted molar refractivity (Wildman–Crippen MR) is 122 cm³/mol. The highest BCUT2D eigenvalue weighted by atomic mass is 16.2. The molecular weight excluding hydrogens is 390 g/mol. The van der Waals surface area contributed by atoms with Crippen molar-refractivity contribution in [1.29, 1.82) is 0 Å². The highest BCUT2D eigenvalue weighted by Gasteiger charge is 2.30. The molecule has 3 amide bonds. The third-order valence-corrected chi connectivity index (χ3v) is 6.14. The number of nitrogens with one attached hydrogen (secondary N) is 1. The van der Waals surface area contributed by atoms with Gasteiger partial charge in [0.05, 0.1) is 6.54 Å². The summed E-state index contributed by atoms with van der Waals surface area (Å²) in [6.45, 7) is 7.00. The van der Waals surface area contributed by atoms with E-state index in [1.54, 1.807) is 7.05 Å². The molecule has 0 atom stereocenters. The first kappa shape index (κ1) is 22.5. The molecule has 1 saturated heterocycles. The van der Waals surface area contributed by atoms with Crippen molar-refractivity contribution < 1.29 is 14.4 Å². The maximum atomic E-state index is 12.9. The summed E-state index contributed by atoms with van der Waals surface area (Å²) in [5.74, 6) is -0.402. The molecule has 0 aliphatic carbocycles.